The van der Waals surface area contributed by atoms with E-state index in [1.54, 1.807) is 13.2 Å². The zero-order chi connectivity index (χ0) is 14.4. The Bertz CT molecular complexity index is 495. The monoisotopic (exact) mass is 294 g/mol. The van der Waals surface area contributed by atoms with Crippen LogP contribution in [0.25, 0.3) is 0 Å². The molecule has 5 heteroatoms. The Morgan fingerprint density at radius 2 is 2.25 bits per heavy atom. The van der Waals surface area contributed by atoms with Gasteiger partial charge in [-0.2, -0.15) is 5.26 Å². The van der Waals surface area contributed by atoms with Crippen molar-refractivity contribution >= 4 is 11.6 Å². The van der Waals surface area contributed by atoms with E-state index in [1.165, 1.54) is 12.8 Å². The molecule has 108 valence electrons. The van der Waals surface area contributed by atoms with Gasteiger partial charge in [0.15, 0.2) is 11.5 Å². The van der Waals surface area contributed by atoms with Crippen LogP contribution in [0.3, 0.4) is 0 Å². The van der Waals surface area contributed by atoms with Crippen molar-refractivity contribution in [2.75, 3.05) is 13.7 Å². The first-order valence-corrected chi connectivity index (χ1v) is 7.22. The average molecular weight is 295 g/mol. The molecule has 1 aromatic carbocycles. The first-order valence-electron chi connectivity index (χ1n) is 6.84. The van der Waals surface area contributed by atoms with E-state index in [2.05, 4.69) is 11.4 Å². The third kappa shape index (κ3) is 4.29. The highest BCUT2D eigenvalue weighted by Gasteiger charge is 2.21. The van der Waals surface area contributed by atoms with Crippen LogP contribution >= 0.6 is 11.6 Å². The van der Waals surface area contributed by atoms with E-state index in [0.717, 1.165) is 17.9 Å². The molecule has 1 saturated carbocycles. The molecular formula is C15H19ClN2O2. The van der Waals surface area contributed by atoms with Crippen LogP contribution in [0.4, 0.5) is 0 Å². The third-order valence-electron chi connectivity index (χ3n) is 3.15. The molecule has 0 amide bonds. The Hall–Kier alpha value is -1.44. The fraction of sp³-hybridized carbons (Fsp3) is 0.533. The number of nitriles is 1. The van der Waals surface area contributed by atoms with Crippen molar-refractivity contribution in [1.29, 1.82) is 5.26 Å². The maximum Gasteiger partial charge on any atom is 0.165 e. The summed E-state index contributed by atoms with van der Waals surface area (Å²) in [6.45, 7) is 1.22. The Morgan fingerprint density at radius 3 is 2.90 bits per heavy atom. The lowest BCUT2D eigenvalue weighted by molar-refractivity contribution is 0.287. The van der Waals surface area contributed by atoms with Crippen molar-refractivity contribution in [2.24, 2.45) is 0 Å². The fourth-order valence-electron chi connectivity index (χ4n) is 1.94. The number of benzene rings is 1. The summed E-state index contributed by atoms with van der Waals surface area (Å²) in [7, 11) is 1.60. The molecule has 1 fully saturated rings. The van der Waals surface area contributed by atoms with Gasteiger partial charge in [0, 0.05) is 35.7 Å². The molecule has 0 radical (unpaired) electrons. The summed E-state index contributed by atoms with van der Waals surface area (Å²) in [4.78, 5) is 0. The second-order valence-electron chi connectivity index (χ2n) is 4.86. The fourth-order valence-corrected chi connectivity index (χ4v) is 2.17. The number of halogens is 1. The molecule has 0 aromatic heterocycles. The van der Waals surface area contributed by atoms with E-state index >= 15 is 0 Å². The standard InChI is InChI=1S/C15H19ClN2O2/c1-19-14-9-12(16)8-11(10-18-13-4-5-13)15(14)20-7-3-2-6-17/h8-9,13,18H,2-5,7,10H2,1H3. The lowest BCUT2D eigenvalue weighted by atomic mass is 10.1. The summed E-state index contributed by atoms with van der Waals surface area (Å²) in [5.74, 6) is 1.37. The number of nitrogens with one attached hydrogen (secondary N) is 1. The molecule has 1 aliphatic carbocycles. The van der Waals surface area contributed by atoms with Crippen LogP contribution in [-0.2, 0) is 6.54 Å². The first kappa shape index (κ1) is 15.0. The van der Waals surface area contributed by atoms with Crippen molar-refractivity contribution in [3.05, 3.63) is 22.7 Å². The maximum atomic E-state index is 8.55. The van der Waals surface area contributed by atoms with E-state index in [4.69, 9.17) is 26.3 Å². The lowest BCUT2D eigenvalue weighted by Crippen LogP contribution is -2.16. The Labute approximate surface area is 124 Å². The number of methoxy groups -OCH3 is 1. The third-order valence-corrected chi connectivity index (χ3v) is 3.37. The Kier molecular flexibility index (Phi) is 5.51. The van der Waals surface area contributed by atoms with Crippen LogP contribution in [0.2, 0.25) is 5.02 Å². The van der Waals surface area contributed by atoms with Crippen LogP contribution in [0.1, 0.15) is 31.2 Å². The molecule has 20 heavy (non-hydrogen) atoms. The van der Waals surface area contributed by atoms with Crippen LogP contribution in [-0.4, -0.2) is 19.8 Å². The smallest absolute Gasteiger partial charge is 0.165 e. The number of unbranched alkanes of at least 4 members (excludes halogenated alkanes) is 1. The molecule has 2 rings (SSSR count). The van der Waals surface area contributed by atoms with E-state index < -0.39 is 0 Å². The van der Waals surface area contributed by atoms with Gasteiger partial charge in [-0.1, -0.05) is 11.6 Å². The van der Waals surface area contributed by atoms with Crippen LogP contribution in [0, 0.1) is 11.3 Å². The number of rotatable bonds is 8. The van der Waals surface area contributed by atoms with Gasteiger partial charge in [-0.25, -0.2) is 0 Å². The molecule has 1 aliphatic rings. The molecule has 0 heterocycles. The Balaban J connectivity index is 2.08. The van der Waals surface area contributed by atoms with Crippen LogP contribution in [0.15, 0.2) is 12.1 Å². The molecule has 1 aromatic rings. The molecular weight excluding hydrogens is 276 g/mol. The van der Waals surface area contributed by atoms with Gasteiger partial charge >= 0.3 is 0 Å². The molecule has 0 unspecified atom stereocenters. The summed E-state index contributed by atoms with van der Waals surface area (Å²) < 4.78 is 11.1. The molecule has 0 bridgehead atoms. The molecule has 0 saturated heterocycles. The van der Waals surface area contributed by atoms with Gasteiger partial charge in [0.05, 0.1) is 19.8 Å². The molecule has 0 spiro atoms. The first-order chi connectivity index (χ1) is 9.74. The number of ether oxygens (including phenoxy) is 2. The topological polar surface area (TPSA) is 54.3 Å². The predicted molar refractivity (Wildman–Crippen MR) is 78.2 cm³/mol. The average Bonchev–Trinajstić information content (AvgIpc) is 3.26. The SMILES string of the molecule is COc1cc(Cl)cc(CNC2CC2)c1OCCCC#N. The Morgan fingerprint density at radius 1 is 1.45 bits per heavy atom. The van der Waals surface area contributed by atoms with Gasteiger partial charge in [0.25, 0.3) is 0 Å². The van der Waals surface area contributed by atoms with E-state index in [9.17, 15) is 0 Å². The minimum absolute atomic E-state index is 0.492. The van der Waals surface area contributed by atoms with Gasteiger partial charge in [-0.3, -0.25) is 0 Å². The highest BCUT2D eigenvalue weighted by Crippen LogP contribution is 2.35. The highest BCUT2D eigenvalue weighted by molar-refractivity contribution is 6.30. The zero-order valence-corrected chi connectivity index (χ0v) is 12.4. The van der Waals surface area contributed by atoms with Crippen molar-refractivity contribution in [1.82, 2.24) is 5.32 Å². The predicted octanol–water partition coefficient (Wildman–Crippen LogP) is 3.28. The number of hydrogen-bond acceptors (Lipinski definition) is 4. The van der Waals surface area contributed by atoms with Gasteiger partial charge in [0.2, 0.25) is 0 Å². The van der Waals surface area contributed by atoms with Gasteiger partial charge in [0.1, 0.15) is 0 Å². The summed E-state index contributed by atoms with van der Waals surface area (Å²) in [6.07, 6.45) is 3.66. The van der Waals surface area contributed by atoms with Gasteiger partial charge < -0.3 is 14.8 Å². The van der Waals surface area contributed by atoms with Crippen molar-refractivity contribution in [3.8, 4) is 17.6 Å². The van der Waals surface area contributed by atoms with Crippen molar-refractivity contribution in [3.63, 3.8) is 0 Å². The minimum Gasteiger partial charge on any atom is -0.493 e. The van der Waals surface area contributed by atoms with E-state index in [0.29, 0.717) is 36.3 Å². The number of nitrogens with zero attached hydrogens (tertiary/aromatic N) is 1. The second kappa shape index (κ2) is 7.37. The number of hydrogen-bond donors (Lipinski definition) is 1. The second-order valence-corrected chi connectivity index (χ2v) is 5.30. The van der Waals surface area contributed by atoms with E-state index in [-0.39, 0.29) is 0 Å². The zero-order valence-electron chi connectivity index (χ0n) is 11.6. The van der Waals surface area contributed by atoms with Crippen molar-refractivity contribution in [2.45, 2.75) is 38.3 Å². The summed E-state index contributed by atoms with van der Waals surface area (Å²) >= 11 is 6.11. The van der Waals surface area contributed by atoms with Gasteiger partial charge in [-0.05, 0) is 25.3 Å². The molecule has 1 N–H and O–H groups in total. The largest absolute Gasteiger partial charge is 0.493 e. The normalized spacial score (nSPS) is 13.8. The van der Waals surface area contributed by atoms with Crippen LogP contribution in [0.5, 0.6) is 11.5 Å². The molecule has 0 aliphatic heterocycles. The molecule has 4 nitrogen and oxygen atoms in total. The highest BCUT2D eigenvalue weighted by atomic mass is 35.5. The van der Waals surface area contributed by atoms with Crippen LogP contribution < -0.4 is 14.8 Å². The lowest BCUT2D eigenvalue weighted by Gasteiger charge is -2.16. The summed E-state index contributed by atoms with van der Waals surface area (Å²) in [5.41, 5.74) is 0.998. The maximum absolute atomic E-state index is 8.55. The quantitative estimate of drug-likeness (QED) is 0.748. The van der Waals surface area contributed by atoms with E-state index in [1.807, 2.05) is 6.07 Å². The molecule has 0 atom stereocenters. The van der Waals surface area contributed by atoms with Gasteiger partial charge in [-0.15, -0.1) is 0 Å². The minimum atomic E-state index is 0.492. The summed E-state index contributed by atoms with van der Waals surface area (Å²) in [6, 6.07) is 6.38. The van der Waals surface area contributed by atoms with Crippen molar-refractivity contribution < 1.29 is 9.47 Å². The summed E-state index contributed by atoms with van der Waals surface area (Å²) in [5, 5.41) is 12.6.